The molecule has 88 valence electrons. The topological polar surface area (TPSA) is 84.9 Å². The molecular weight excluding hydrogens is 242 g/mol. The van der Waals surface area contributed by atoms with Crippen molar-refractivity contribution in [3.8, 4) is 10.8 Å². The highest BCUT2D eigenvalue weighted by molar-refractivity contribution is 7.17. The number of ketones is 1. The van der Waals surface area contributed by atoms with E-state index >= 15 is 0 Å². The Balaban J connectivity index is 2.52. The molecule has 0 saturated carbocycles. The van der Waals surface area contributed by atoms with Crippen molar-refractivity contribution in [1.82, 2.24) is 15.0 Å². The molecule has 2 heterocycles. The van der Waals surface area contributed by atoms with Crippen LogP contribution in [0.4, 0.5) is 0 Å². The summed E-state index contributed by atoms with van der Waals surface area (Å²) in [6.45, 7) is 1.38. The predicted molar refractivity (Wildman–Crippen MR) is 61.0 cm³/mol. The summed E-state index contributed by atoms with van der Waals surface area (Å²) < 4.78 is 4.58. The average Bonchev–Trinajstić information content (AvgIpc) is 2.95. The molecule has 2 aromatic rings. The van der Waals surface area contributed by atoms with Crippen LogP contribution in [0, 0.1) is 0 Å². The smallest absolute Gasteiger partial charge is 0.358 e. The molecule has 0 amide bonds. The fraction of sp³-hybridized carbons (Fsp3) is 0.200. The van der Waals surface area contributed by atoms with Crippen molar-refractivity contribution in [2.75, 3.05) is 7.11 Å². The highest BCUT2D eigenvalue weighted by Crippen LogP contribution is 2.26. The lowest BCUT2D eigenvalue weighted by Crippen LogP contribution is -2.06. The number of nitrogens with one attached hydrogen (secondary N) is 1. The van der Waals surface area contributed by atoms with Crippen molar-refractivity contribution in [3.05, 3.63) is 23.0 Å². The fourth-order valence-electron chi connectivity index (χ4n) is 1.28. The van der Waals surface area contributed by atoms with E-state index in [-0.39, 0.29) is 16.4 Å². The summed E-state index contributed by atoms with van der Waals surface area (Å²) in [5.74, 6) is -0.322. The van der Waals surface area contributed by atoms with Gasteiger partial charge in [-0.05, 0) is 0 Å². The lowest BCUT2D eigenvalue weighted by molar-refractivity contribution is 0.0591. The molecule has 0 aliphatic heterocycles. The van der Waals surface area contributed by atoms with Crippen molar-refractivity contribution < 1.29 is 14.3 Å². The van der Waals surface area contributed by atoms with Crippen molar-refractivity contribution in [2.45, 2.75) is 6.92 Å². The summed E-state index contributed by atoms with van der Waals surface area (Å²) in [7, 11) is 1.25. The van der Waals surface area contributed by atoms with Crippen molar-refractivity contribution in [3.63, 3.8) is 0 Å². The Hall–Kier alpha value is -2.02. The van der Waals surface area contributed by atoms with Crippen LogP contribution < -0.4 is 0 Å². The van der Waals surface area contributed by atoms with Gasteiger partial charge < -0.3 is 9.72 Å². The molecule has 0 radical (unpaired) electrons. The second kappa shape index (κ2) is 4.46. The summed E-state index contributed by atoms with van der Waals surface area (Å²) in [5, 5.41) is 0.487. The lowest BCUT2D eigenvalue weighted by atomic mass is 10.3. The van der Waals surface area contributed by atoms with Gasteiger partial charge in [0.25, 0.3) is 0 Å². The Labute approximate surface area is 101 Å². The summed E-state index contributed by atoms with van der Waals surface area (Å²) in [5.41, 5.74) is 0.0383. The second-order valence-corrected chi connectivity index (χ2v) is 4.18. The molecular formula is C10H9N3O3S. The lowest BCUT2D eigenvalue weighted by Gasteiger charge is -1.95. The number of H-pyrrole nitrogens is 1. The second-order valence-electron chi connectivity index (χ2n) is 3.18. The van der Waals surface area contributed by atoms with Gasteiger partial charge in [-0.3, -0.25) is 4.79 Å². The summed E-state index contributed by atoms with van der Waals surface area (Å²) in [4.78, 5) is 34.1. The van der Waals surface area contributed by atoms with Gasteiger partial charge >= 0.3 is 5.97 Å². The summed E-state index contributed by atoms with van der Waals surface area (Å²) >= 11 is 1.11. The zero-order chi connectivity index (χ0) is 12.4. The van der Waals surface area contributed by atoms with Crippen LogP contribution >= 0.6 is 11.3 Å². The van der Waals surface area contributed by atoms with Crippen LogP contribution in [0.15, 0.2) is 12.4 Å². The first-order chi connectivity index (χ1) is 8.13. The largest absolute Gasteiger partial charge is 0.464 e. The Morgan fingerprint density at radius 3 is 2.76 bits per heavy atom. The molecule has 0 saturated heterocycles. The number of methoxy groups -OCH3 is 1. The zero-order valence-corrected chi connectivity index (χ0v) is 10.00. The number of esters is 1. The average molecular weight is 251 g/mol. The number of hydrogen-bond acceptors (Lipinski definition) is 6. The molecule has 2 aromatic heterocycles. The van der Waals surface area contributed by atoms with Gasteiger partial charge in [-0.25, -0.2) is 14.8 Å². The number of hydrogen-bond donors (Lipinski definition) is 1. The van der Waals surface area contributed by atoms with E-state index in [0.717, 1.165) is 11.3 Å². The van der Waals surface area contributed by atoms with Gasteiger partial charge in [0.1, 0.15) is 4.88 Å². The Morgan fingerprint density at radius 2 is 2.24 bits per heavy atom. The quantitative estimate of drug-likeness (QED) is 0.660. The summed E-state index contributed by atoms with van der Waals surface area (Å²) in [6, 6.07) is 0. The number of carbonyl (C=O) groups is 2. The maximum absolute atomic E-state index is 11.5. The first-order valence-corrected chi connectivity index (χ1v) is 5.55. The number of ether oxygens (including phenoxy) is 1. The number of Topliss-reactive ketones (excluding diaryl/α,β-unsaturated/α-hetero) is 1. The maximum Gasteiger partial charge on any atom is 0.358 e. The van der Waals surface area contributed by atoms with Crippen LogP contribution in [0.1, 0.15) is 27.1 Å². The first-order valence-electron chi connectivity index (χ1n) is 4.73. The number of aromatic amines is 1. The van der Waals surface area contributed by atoms with Gasteiger partial charge in [0, 0.05) is 19.3 Å². The Kier molecular flexibility index (Phi) is 3.01. The van der Waals surface area contributed by atoms with Gasteiger partial charge in [-0.2, -0.15) is 0 Å². The third kappa shape index (κ3) is 2.09. The first kappa shape index (κ1) is 11.5. The molecule has 6 nitrogen and oxygen atoms in total. The molecule has 1 N–H and O–H groups in total. The molecule has 0 spiro atoms. The minimum absolute atomic E-state index is 0.0383. The van der Waals surface area contributed by atoms with Gasteiger partial charge in [-0.1, -0.05) is 0 Å². The van der Waals surface area contributed by atoms with Crippen molar-refractivity contribution in [1.29, 1.82) is 0 Å². The molecule has 17 heavy (non-hydrogen) atoms. The van der Waals surface area contributed by atoms with E-state index < -0.39 is 5.97 Å². The number of aromatic nitrogens is 3. The van der Waals surface area contributed by atoms with Crippen LogP contribution in [0.3, 0.4) is 0 Å². The van der Waals surface area contributed by atoms with Gasteiger partial charge in [0.2, 0.25) is 0 Å². The maximum atomic E-state index is 11.5. The SMILES string of the molecule is COC(=O)c1nc(-c2ncc[nH]2)sc1C(C)=O. The predicted octanol–water partition coefficient (Wildman–Crippen LogP) is 1.52. The Bertz CT molecular complexity index is 559. The standard InChI is InChI=1S/C10H9N3O3S/c1-5(14)7-6(10(15)16-2)13-9(17-7)8-11-3-4-12-8/h3-4H,1-2H3,(H,11,12). The van der Waals surface area contributed by atoms with E-state index in [1.165, 1.54) is 14.0 Å². The monoisotopic (exact) mass is 251 g/mol. The van der Waals surface area contributed by atoms with E-state index in [9.17, 15) is 9.59 Å². The van der Waals surface area contributed by atoms with E-state index in [1.807, 2.05) is 0 Å². The highest BCUT2D eigenvalue weighted by atomic mass is 32.1. The van der Waals surface area contributed by atoms with Gasteiger partial charge in [0.05, 0.1) is 7.11 Å². The number of imidazole rings is 1. The van der Waals surface area contributed by atoms with Crippen LogP contribution in [0.25, 0.3) is 10.8 Å². The molecule has 0 atom stereocenters. The molecule has 0 aliphatic carbocycles. The van der Waals surface area contributed by atoms with E-state index in [4.69, 9.17) is 0 Å². The van der Waals surface area contributed by atoms with Crippen molar-refractivity contribution in [2.24, 2.45) is 0 Å². The minimum Gasteiger partial charge on any atom is -0.464 e. The zero-order valence-electron chi connectivity index (χ0n) is 9.18. The molecule has 0 unspecified atom stereocenters. The molecule has 0 aliphatic rings. The van der Waals surface area contributed by atoms with E-state index in [2.05, 4.69) is 19.7 Å². The van der Waals surface area contributed by atoms with Gasteiger partial charge in [0.15, 0.2) is 22.3 Å². The normalized spacial score (nSPS) is 10.2. The van der Waals surface area contributed by atoms with Crippen LogP contribution in [-0.2, 0) is 4.74 Å². The van der Waals surface area contributed by atoms with Crippen LogP contribution in [0.2, 0.25) is 0 Å². The Morgan fingerprint density at radius 1 is 1.47 bits per heavy atom. The van der Waals surface area contributed by atoms with Crippen LogP contribution in [-0.4, -0.2) is 33.8 Å². The van der Waals surface area contributed by atoms with E-state index in [1.54, 1.807) is 12.4 Å². The third-order valence-corrected chi connectivity index (χ3v) is 3.19. The number of thiazole rings is 1. The number of nitrogens with zero attached hydrogens (tertiary/aromatic N) is 2. The summed E-state index contributed by atoms with van der Waals surface area (Å²) in [6.07, 6.45) is 3.21. The number of rotatable bonds is 3. The third-order valence-electron chi connectivity index (χ3n) is 2.03. The van der Waals surface area contributed by atoms with Crippen molar-refractivity contribution >= 4 is 23.1 Å². The van der Waals surface area contributed by atoms with E-state index in [0.29, 0.717) is 10.8 Å². The van der Waals surface area contributed by atoms with Crippen LogP contribution in [0.5, 0.6) is 0 Å². The molecule has 0 bridgehead atoms. The highest BCUT2D eigenvalue weighted by Gasteiger charge is 2.22. The molecule has 0 aromatic carbocycles. The fourth-order valence-corrected chi connectivity index (χ4v) is 2.19. The minimum atomic E-state index is -0.621. The molecule has 7 heteroatoms. The van der Waals surface area contributed by atoms with Gasteiger partial charge in [-0.15, -0.1) is 11.3 Å². The molecule has 2 rings (SSSR count). The number of carbonyl (C=O) groups excluding carboxylic acids is 2. The molecule has 0 fully saturated rings.